The van der Waals surface area contributed by atoms with E-state index in [0.29, 0.717) is 5.75 Å². The summed E-state index contributed by atoms with van der Waals surface area (Å²) >= 11 is 1.56. The number of ether oxygens (including phenoxy) is 1. The molecule has 0 saturated carbocycles. The second kappa shape index (κ2) is 6.08. The molecule has 0 fully saturated rings. The molecule has 2 aromatic rings. The van der Waals surface area contributed by atoms with Gasteiger partial charge in [0.05, 0.1) is 0 Å². The maximum atomic E-state index is 13.9. The van der Waals surface area contributed by atoms with E-state index in [1.54, 1.807) is 23.9 Å². The molecule has 0 bridgehead atoms. The highest BCUT2D eigenvalue weighted by atomic mass is 32.2. The Hall–Kier alpha value is -1.52. The van der Waals surface area contributed by atoms with E-state index in [4.69, 9.17) is 10.5 Å². The van der Waals surface area contributed by atoms with Crippen molar-refractivity contribution in [1.82, 2.24) is 0 Å². The van der Waals surface area contributed by atoms with Crippen LogP contribution in [0.25, 0.3) is 0 Å². The SMILES string of the molecule is CSc1ccccc1Oc1ccc([C@H](C)N)cc1F. The van der Waals surface area contributed by atoms with Crippen LogP contribution < -0.4 is 10.5 Å². The number of nitrogens with two attached hydrogens (primary N) is 1. The number of benzene rings is 2. The molecule has 0 saturated heterocycles. The van der Waals surface area contributed by atoms with Crippen LogP contribution in [0.4, 0.5) is 4.39 Å². The van der Waals surface area contributed by atoms with Crippen molar-refractivity contribution < 1.29 is 9.13 Å². The van der Waals surface area contributed by atoms with E-state index in [9.17, 15) is 4.39 Å². The van der Waals surface area contributed by atoms with Gasteiger partial charge in [0.2, 0.25) is 0 Å². The standard InChI is InChI=1S/C15H16FNOS/c1-10(17)11-7-8-13(12(16)9-11)18-14-5-3-4-6-15(14)19-2/h3-10H,17H2,1-2H3/t10-/m0/s1. The monoisotopic (exact) mass is 277 g/mol. The number of rotatable bonds is 4. The molecule has 0 aliphatic rings. The zero-order valence-electron chi connectivity index (χ0n) is 10.9. The molecule has 0 aliphatic heterocycles. The van der Waals surface area contributed by atoms with Gasteiger partial charge in [-0.3, -0.25) is 0 Å². The van der Waals surface area contributed by atoms with Gasteiger partial charge in [0, 0.05) is 10.9 Å². The van der Waals surface area contributed by atoms with Gasteiger partial charge in [0.15, 0.2) is 11.6 Å². The van der Waals surface area contributed by atoms with Crippen LogP contribution in [-0.4, -0.2) is 6.26 Å². The van der Waals surface area contributed by atoms with Gasteiger partial charge in [-0.05, 0) is 43.0 Å². The van der Waals surface area contributed by atoms with Crippen molar-refractivity contribution in [2.24, 2.45) is 5.73 Å². The Morgan fingerprint density at radius 2 is 1.89 bits per heavy atom. The molecule has 4 heteroatoms. The van der Waals surface area contributed by atoms with Crippen LogP contribution in [-0.2, 0) is 0 Å². The zero-order chi connectivity index (χ0) is 13.8. The summed E-state index contributed by atoms with van der Waals surface area (Å²) in [6, 6.07) is 12.2. The van der Waals surface area contributed by atoms with E-state index in [1.807, 2.05) is 37.4 Å². The summed E-state index contributed by atoms with van der Waals surface area (Å²) in [5, 5.41) is 0. The average Bonchev–Trinajstić information content (AvgIpc) is 2.41. The summed E-state index contributed by atoms with van der Waals surface area (Å²) in [6.07, 6.45) is 1.96. The quantitative estimate of drug-likeness (QED) is 0.843. The molecule has 0 amide bonds. The zero-order valence-corrected chi connectivity index (χ0v) is 11.7. The predicted molar refractivity (Wildman–Crippen MR) is 77.3 cm³/mol. The normalized spacial score (nSPS) is 12.2. The maximum Gasteiger partial charge on any atom is 0.166 e. The smallest absolute Gasteiger partial charge is 0.166 e. The van der Waals surface area contributed by atoms with Crippen molar-refractivity contribution >= 4 is 11.8 Å². The fraction of sp³-hybridized carbons (Fsp3) is 0.200. The third kappa shape index (κ3) is 3.28. The second-order valence-corrected chi connectivity index (χ2v) is 5.08. The first kappa shape index (κ1) is 13.9. The van der Waals surface area contributed by atoms with Gasteiger partial charge in [0.1, 0.15) is 5.75 Å². The largest absolute Gasteiger partial charge is 0.453 e. The van der Waals surface area contributed by atoms with Gasteiger partial charge in [-0.2, -0.15) is 0 Å². The van der Waals surface area contributed by atoms with Crippen LogP contribution >= 0.6 is 11.8 Å². The van der Waals surface area contributed by atoms with Crippen LogP contribution in [0.2, 0.25) is 0 Å². The molecule has 0 heterocycles. The van der Waals surface area contributed by atoms with E-state index >= 15 is 0 Å². The molecule has 0 aliphatic carbocycles. The number of hydrogen-bond donors (Lipinski definition) is 1. The summed E-state index contributed by atoms with van der Waals surface area (Å²) in [4.78, 5) is 0.971. The summed E-state index contributed by atoms with van der Waals surface area (Å²) in [7, 11) is 0. The molecule has 2 rings (SSSR count). The van der Waals surface area contributed by atoms with Gasteiger partial charge in [-0.15, -0.1) is 11.8 Å². The molecular formula is C15H16FNOS. The highest BCUT2D eigenvalue weighted by Gasteiger charge is 2.10. The third-order valence-corrected chi connectivity index (χ3v) is 3.55. The minimum absolute atomic E-state index is 0.193. The summed E-state index contributed by atoms with van der Waals surface area (Å²) in [6.45, 7) is 1.82. The lowest BCUT2D eigenvalue weighted by Crippen LogP contribution is -2.05. The van der Waals surface area contributed by atoms with Gasteiger partial charge < -0.3 is 10.5 Å². The molecule has 1 atom stereocenters. The van der Waals surface area contributed by atoms with E-state index in [-0.39, 0.29) is 11.8 Å². The Labute approximate surface area is 116 Å². The highest BCUT2D eigenvalue weighted by molar-refractivity contribution is 7.98. The van der Waals surface area contributed by atoms with Crippen molar-refractivity contribution in [3.63, 3.8) is 0 Å². The van der Waals surface area contributed by atoms with E-state index in [2.05, 4.69) is 0 Å². The first-order chi connectivity index (χ1) is 9.11. The van der Waals surface area contributed by atoms with Crippen LogP contribution in [0.1, 0.15) is 18.5 Å². The minimum Gasteiger partial charge on any atom is -0.453 e. The van der Waals surface area contributed by atoms with Gasteiger partial charge >= 0.3 is 0 Å². The third-order valence-electron chi connectivity index (χ3n) is 2.77. The molecule has 19 heavy (non-hydrogen) atoms. The van der Waals surface area contributed by atoms with E-state index in [0.717, 1.165) is 10.5 Å². The van der Waals surface area contributed by atoms with Crippen molar-refractivity contribution in [3.05, 3.63) is 53.8 Å². The summed E-state index contributed by atoms with van der Waals surface area (Å²) < 4.78 is 19.6. The lowest BCUT2D eigenvalue weighted by atomic mass is 10.1. The average molecular weight is 277 g/mol. The molecule has 2 aromatic carbocycles. The van der Waals surface area contributed by atoms with Gasteiger partial charge in [-0.1, -0.05) is 18.2 Å². The first-order valence-corrected chi connectivity index (χ1v) is 7.20. The van der Waals surface area contributed by atoms with E-state index < -0.39 is 5.82 Å². The Balaban J connectivity index is 2.28. The van der Waals surface area contributed by atoms with Crippen LogP contribution in [0, 0.1) is 5.82 Å². The number of para-hydroxylation sites is 1. The molecule has 0 unspecified atom stereocenters. The molecule has 0 radical (unpaired) electrons. The summed E-state index contributed by atoms with van der Waals surface area (Å²) in [5.74, 6) is 0.471. The van der Waals surface area contributed by atoms with Crippen LogP contribution in [0.5, 0.6) is 11.5 Å². The van der Waals surface area contributed by atoms with Crippen LogP contribution in [0.3, 0.4) is 0 Å². The lowest BCUT2D eigenvalue weighted by Gasteiger charge is -2.12. The number of halogens is 1. The second-order valence-electron chi connectivity index (χ2n) is 4.23. The number of hydrogen-bond acceptors (Lipinski definition) is 3. The molecule has 0 spiro atoms. The van der Waals surface area contributed by atoms with Crippen molar-refractivity contribution in [2.75, 3.05) is 6.26 Å². The molecule has 2 nitrogen and oxygen atoms in total. The Morgan fingerprint density at radius 3 is 2.53 bits per heavy atom. The molecule has 0 aromatic heterocycles. The Kier molecular flexibility index (Phi) is 4.45. The Bertz CT molecular complexity index is 572. The fourth-order valence-corrected chi connectivity index (χ4v) is 2.23. The topological polar surface area (TPSA) is 35.2 Å². The lowest BCUT2D eigenvalue weighted by molar-refractivity contribution is 0.433. The van der Waals surface area contributed by atoms with Crippen molar-refractivity contribution in [1.29, 1.82) is 0 Å². The predicted octanol–water partition coefficient (Wildman–Crippen LogP) is 4.36. The van der Waals surface area contributed by atoms with Gasteiger partial charge in [-0.25, -0.2) is 4.39 Å². The molecule has 100 valence electrons. The minimum atomic E-state index is -0.397. The van der Waals surface area contributed by atoms with Gasteiger partial charge in [0.25, 0.3) is 0 Å². The maximum absolute atomic E-state index is 13.9. The number of thioether (sulfide) groups is 1. The first-order valence-electron chi connectivity index (χ1n) is 5.97. The highest BCUT2D eigenvalue weighted by Crippen LogP contribution is 2.32. The fourth-order valence-electron chi connectivity index (χ4n) is 1.70. The van der Waals surface area contributed by atoms with E-state index in [1.165, 1.54) is 6.07 Å². The van der Waals surface area contributed by atoms with Crippen LogP contribution in [0.15, 0.2) is 47.4 Å². The molecular weight excluding hydrogens is 261 g/mol. The summed E-state index contributed by atoms with van der Waals surface area (Å²) in [5.41, 5.74) is 6.47. The van der Waals surface area contributed by atoms with Crippen molar-refractivity contribution in [3.8, 4) is 11.5 Å². The molecule has 2 N–H and O–H groups in total. The van der Waals surface area contributed by atoms with Crippen molar-refractivity contribution in [2.45, 2.75) is 17.9 Å². The Morgan fingerprint density at radius 1 is 1.16 bits per heavy atom.